The minimum Gasteiger partial charge on any atom is -0.397 e. The quantitative estimate of drug-likeness (QED) is 0.711. The molecule has 1 atom stereocenters. The van der Waals surface area contributed by atoms with Gasteiger partial charge in [-0.1, -0.05) is 12.1 Å². The number of hydrogen-bond donors (Lipinski definition) is 3. The van der Waals surface area contributed by atoms with Crippen molar-refractivity contribution in [1.82, 2.24) is 4.90 Å². The number of nitrogen functional groups attached to an aromatic ring is 1. The van der Waals surface area contributed by atoms with Crippen molar-refractivity contribution in [2.75, 3.05) is 30.7 Å². The molecule has 0 spiro atoms. The van der Waals surface area contributed by atoms with Crippen LogP contribution in [-0.2, 0) is 9.59 Å². The molecular formula is C15H22N4O2. The highest BCUT2D eigenvalue weighted by molar-refractivity contribution is 5.96. The van der Waals surface area contributed by atoms with Crippen molar-refractivity contribution in [1.29, 1.82) is 0 Å². The van der Waals surface area contributed by atoms with E-state index in [9.17, 15) is 9.59 Å². The number of piperidine rings is 1. The first kappa shape index (κ1) is 15.3. The molecule has 1 unspecified atom stereocenters. The third kappa shape index (κ3) is 3.95. The fraction of sp³-hybridized carbons (Fsp3) is 0.467. The number of nitrogens with two attached hydrogens (primary N) is 2. The lowest BCUT2D eigenvalue weighted by molar-refractivity contribution is -0.125. The maximum atomic E-state index is 12.1. The Kier molecular flexibility index (Phi) is 4.80. The second-order valence-electron chi connectivity index (χ2n) is 5.56. The Labute approximate surface area is 124 Å². The molecule has 114 valence electrons. The number of primary amides is 1. The Morgan fingerprint density at radius 1 is 1.43 bits per heavy atom. The number of carbonyl (C=O) groups is 2. The third-order valence-corrected chi connectivity index (χ3v) is 3.84. The number of benzene rings is 1. The molecule has 21 heavy (non-hydrogen) atoms. The highest BCUT2D eigenvalue weighted by Crippen LogP contribution is 2.22. The number of likely N-dealkylation sites (tertiary alicyclic amines) is 1. The lowest BCUT2D eigenvalue weighted by Gasteiger charge is -2.30. The van der Waals surface area contributed by atoms with Crippen LogP contribution in [0.25, 0.3) is 0 Å². The zero-order valence-electron chi connectivity index (χ0n) is 12.3. The van der Waals surface area contributed by atoms with Gasteiger partial charge in [0.15, 0.2) is 0 Å². The fourth-order valence-corrected chi connectivity index (χ4v) is 2.67. The van der Waals surface area contributed by atoms with Gasteiger partial charge in [-0.25, -0.2) is 0 Å². The second kappa shape index (κ2) is 6.58. The Morgan fingerprint density at radius 2 is 2.19 bits per heavy atom. The number of amides is 2. The molecule has 2 rings (SSSR count). The molecule has 0 bridgehead atoms. The van der Waals surface area contributed by atoms with E-state index in [0.29, 0.717) is 17.9 Å². The average Bonchev–Trinajstić information content (AvgIpc) is 2.43. The van der Waals surface area contributed by atoms with Gasteiger partial charge in [0.2, 0.25) is 11.8 Å². The van der Waals surface area contributed by atoms with Crippen LogP contribution in [0.5, 0.6) is 0 Å². The highest BCUT2D eigenvalue weighted by atomic mass is 16.2. The van der Waals surface area contributed by atoms with Crippen LogP contribution in [-0.4, -0.2) is 36.3 Å². The van der Waals surface area contributed by atoms with Crippen molar-refractivity contribution in [3.05, 3.63) is 23.8 Å². The normalized spacial score (nSPS) is 19.2. The zero-order valence-corrected chi connectivity index (χ0v) is 12.3. The molecule has 1 saturated heterocycles. The SMILES string of the molecule is Cc1cccc(N)c1NC(=O)CN1CCCC(C(N)=O)C1. The molecule has 1 aromatic rings. The Bertz CT molecular complexity index is 524. The summed E-state index contributed by atoms with van der Waals surface area (Å²) in [5, 5.41) is 2.85. The maximum Gasteiger partial charge on any atom is 0.238 e. The molecular weight excluding hydrogens is 268 g/mol. The van der Waals surface area contributed by atoms with Gasteiger partial charge in [-0.15, -0.1) is 0 Å². The zero-order chi connectivity index (χ0) is 15.4. The van der Waals surface area contributed by atoms with Crippen molar-refractivity contribution in [2.24, 2.45) is 11.7 Å². The van der Waals surface area contributed by atoms with E-state index in [-0.39, 0.29) is 24.3 Å². The van der Waals surface area contributed by atoms with Crippen molar-refractivity contribution < 1.29 is 9.59 Å². The summed E-state index contributed by atoms with van der Waals surface area (Å²) >= 11 is 0. The molecule has 1 fully saturated rings. The monoisotopic (exact) mass is 290 g/mol. The summed E-state index contributed by atoms with van der Waals surface area (Å²) in [6.45, 7) is 3.50. The van der Waals surface area contributed by atoms with E-state index in [1.165, 1.54) is 0 Å². The van der Waals surface area contributed by atoms with Crippen LogP contribution < -0.4 is 16.8 Å². The predicted octanol–water partition coefficient (Wildman–Crippen LogP) is 0.713. The predicted molar refractivity (Wildman–Crippen MR) is 82.6 cm³/mol. The van der Waals surface area contributed by atoms with Crippen molar-refractivity contribution in [2.45, 2.75) is 19.8 Å². The second-order valence-corrected chi connectivity index (χ2v) is 5.56. The van der Waals surface area contributed by atoms with Crippen molar-refractivity contribution in [3.8, 4) is 0 Å². The van der Waals surface area contributed by atoms with Crippen LogP contribution in [0.3, 0.4) is 0 Å². The molecule has 1 heterocycles. The molecule has 1 aromatic carbocycles. The number of anilines is 2. The van der Waals surface area contributed by atoms with Gasteiger partial charge in [0.1, 0.15) is 0 Å². The van der Waals surface area contributed by atoms with E-state index in [4.69, 9.17) is 11.5 Å². The van der Waals surface area contributed by atoms with Crippen LogP contribution in [0.4, 0.5) is 11.4 Å². The van der Waals surface area contributed by atoms with E-state index >= 15 is 0 Å². The average molecular weight is 290 g/mol. The molecule has 0 aliphatic carbocycles. The van der Waals surface area contributed by atoms with E-state index in [1.807, 2.05) is 24.0 Å². The van der Waals surface area contributed by atoms with Crippen molar-refractivity contribution >= 4 is 23.2 Å². The minimum absolute atomic E-state index is 0.124. The number of nitrogens with one attached hydrogen (secondary N) is 1. The number of aryl methyl sites for hydroxylation is 1. The number of hydrogen-bond acceptors (Lipinski definition) is 4. The van der Waals surface area contributed by atoms with Gasteiger partial charge in [0.25, 0.3) is 0 Å². The third-order valence-electron chi connectivity index (χ3n) is 3.84. The number of nitrogens with zero attached hydrogens (tertiary/aromatic N) is 1. The molecule has 0 radical (unpaired) electrons. The minimum atomic E-state index is -0.289. The lowest BCUT2D eigenvalue weighted by Crippen LogP contribution is -2.44. The van der Waals surface area contributed by atoms with Gasteiger partial charge in [-0.05, 0) is 37.9 Å². The first-order valence-corrected chi connectivity index (χ1v) is 7.14. The van der Waals surface area contributed by atoms with Crippen LogP contribution >= 0.6 is 0 Å². The molecule has 0 saturated carbocycles. The van der Waals surface area contributed by atoms with Crippen LogP contribution in [0.2, 0.25) is 0 Å². The van der Waals surface area contributed by atoms with Gasteiger partial charge in [0, 0.05) is 6.54 Å². The summed E-state index contributed by atoms with van der Waals surface area (Å²) in [5.74, 6) is -0.570. The van der Waals surface area contributed by atoms with Gasteiger partial charge < -0.3 is 16.8 Å². The summed E-state index contributed by atoms with van der Waals surface area (Å²) in [4.78, 5) is 25.3. The number of para-hydroxylation sites is 1. The first-order chi connectivity index (χ1) is 9.97. The molecule has 1 aliphatic heterocycles. The first-order valence-electron chi connectivity index (χ1n) is 7.14. The summed E-state index contributed by atoms with van der Waals surface area (Å²) in [6.07, 6.45) is 1.69. The summed E-state index contributed by atoms with van der Waals surface area (Å²) in [6, 6.07) is 5.50. The van der Waals surface area contributed by atoms with Gasteiger partial charge >= 0.3 is 0 Å². The largest absolute Gasteiger partial charge is 0.397 e. The Morgan fingerprint density at radius 3 is 2.86 bits per heavy atom. The summed E-state index contributed by atoms with van der Waals surface area (Å²) < 4.78 is 0. The van der Waals surface area contributed by atoms with Crippen LogP contribution in [0, 0.1) is 12.8 Å². The Hall–Kier alpha value is -2.08. The summed E-state index contributed by atoms with van der Waals surface area (Å²) in [5.41, 5.74) is 13.4. The van der Waals surface area contributed by atoms with E-state index < -0.39 is 0 Å². The molecule has 6 heteroatoms. The maximum absolute atomic E-state index is 12.1. The van der Waals surface area contributed by atoms with E-state index in [2.05, 4.69) is 5.32 Å². The van der Waals surface area contributed by atoms with Crippen LogP contribution in [0.1, 0.15) is 18.4 Å². The number of rotatable bonds is 4. The number of carbonyl (C=O) groups excluding carboxylic acids is 2. The molecule has 6 nitrogen and oxygen atoms in total. The van der Waals surface area contributed by atoms with Gasteiger partial charge in [-0.3, -0.25) is 14.5 Å². The van der Waals surface area contributed by atoms with E-state index in [0.717, 1.165) is 24.9 Å². The van der Waals surface area contributed by atoms with Crippen LogP contribution in [0.15, 0.2) is 18.2 Å². The topological polar surface area (TPSA) is 101 Å². The Balaban J connectivity index is 1.94. The molecule has 5 N–H and O–H groups in total. The molecule has 2 amide bonds. The van der Waals surface area contributed by atoms with Gasteiger partial charge in [-0.2, -0.15) is 0 Å². The fourth-order valence-electron chi connectivity index (χ4n) is 2.67. The highest BCUT2D eigenvalue weighted by Gasteiger charge is 2.25. The van der Waals surface area contributed by atoms with Crippen molar-refractivity contribution in [3.63, 3.8) is 0 Å². The lowest BCUT2D eigenvalue weighted by atomic mass is 9.97. The smallest absolute Gasteiger partial charge is 0.238 e. The molecule has 1 aliphatic rings. The molecule has 0 aromatic heterocycles. The summed E-state index contributed by atoms with van der Waals surface area (Å²) in [7, 11) is 0. The van der Waals surface area contributed by atoms with E-state index in [1.54, 1.807) is 6.07 Å². The standard InChI is InChI=1S/C15H22N4O2/c1-10-4-2-6-12(16)14(10)18-13(20)9-19-7-3-5-11(8-19)15(17)21/h2,4,6,11H,3,5,7-9,16H2,1H3,(H2,17,21)(H,18,20). The van der Waals surface area contributed by atoms with Gasteiger partial charge in [0.05, 0.1) is 23.8 Å².